The second-order valence-corrected chi connectivity index (χ2v) is 6.08. The summed E-state index contributed by atoms with van der Waals surface area (Å²) < 4.78 is 43.0. The molecule has 24 heavy (non-hydrogen) atoms. The van der Waals surface area contributed by atoms with Gasteiger partial charge in [0.15, 0.2) is 0 Å². The molecule has 0 aromatic heterocycles. The van der Waals surface area contributed by atoms with E-state index in [4.69, 9.17) is 0 Å². The Kier molecular flexibility index (Phi) is 6.62. The van der Waals surface area contributed by atoms with Crippen LogP contribution in [0.3, 0.4) is 0 Å². The van der Waals surface area contributed by atoms with Crippen molar-refractivity contribution in [2.24, 2.45) is 0 Å². The van der Waals surface area contributed by atoms with Crippen molar-refractivity contribution in [3.8, 4) is 0 Å². The predicted molar refractivity (Wildman–Crippen MR) is 84.3 cm³/mol. The van der Waals surface area contributed by atoms with Gasteiger partial charge in [0.05, 0.1) is 7.11 Å². The minimum absolute atomic E-state index is 0.283. The van der Waals surface area contributed by atoms with E-state index in [1.165, 1.54) is 5.56 Å². The van der Waals surface area contributed by atoms with Crippen molar-refractivity contribution in [3.63, 3.8) is 0 Å². The summed E-state index contributed by atoms with van der Waals surface area (Å²) in [6.45, 7) is 0.747. The number of esters is 1. The summed E-state index contributed by atoms with van der Waals surface area (Å²) in [5.74, 6) is -1.29. The highest BCUT2D eigenvalue weighted by Gasteiger charge is 2.47. The maximum Gasteiger partial charge on any atom is 0.414 e. The molecule has 1 aliphatic carbocycles. The van der Waals surface area contributed by atoms with Crippen molar-refractivity contribution >= 4 is 5.97 Å². The molecule has 4 nitrogen and oxygen atoms in total. The van der Waals surface area contributed by atoms with E-state index in [0.29, 0.717) is 12.8 Å². The van der Waals surface area contributed by atoms with Gasteiger partial charge >= 0.3 is 12.1 Å². The number of nitrogens with one attached hydrogen (secondary N) is 2. The summed E-state index contributed by atoms with van der Waals surface area (Å²) in [6.07, 6.45) is -1.91. The number of carbonyl (C=O) groups excluding carboxylic acids is 1. The summed E-state index contributed by atoms with van der Waals surface area (Å²) in [5, 5.41) is 5.85. The molecule has 1 aromatic rings. The van der Waals surface area contributed by atoms with Crippen LogP contribution >= 0.6 is 0 Å². The van der Waals surface area contributed by atoms with E-state index in [9.17, 15) is 18.0 Å². The topological polar surface area (TPSA) is 50.4 Å². The molecule has 0 bridgehead atoms. The zero-order chi connectivity index (χ0) is 17.6. The number of methoxy groups -OCH3 is 1. The van der Waals surface area contributed by atoms with Gasteiger partial charge in [-0.05, 0) is 31.2 Å². The largest absolute Gasteiger partial charge is 0.468 e. The molecule has 0 amide bonds. The number of hydrogen-bond acceptors (Lipinski definition) is 4. The summed E-state index contributed by atoms with van der Waals surface area (Å²) in [4.78, 5) is 11.3. The maximum atomic E-state index is 12.9. The Labute approximate surface area is 139 Å². The molecular weight excluding hydrogens is 321 g/mol. The molecule has 1 unspecified atom stereocenters. The van der Waals surface area contributed by atoms with Crippen LogP contribution in [0.25, 0.3) is 0 Å². The third-order valence-electron chi connectivity index (χ3n) is 4.33. The van der Waals surface area contributed by atoms with E-state index in [2.05, 4.69) is 15.4 Å². The molecule has 7 heteroatoms. The number of carbonyl (C=O) groups is 1. The molecule has 0 aliphatic heterocycles. The number of benzene rings is 1. The SMILES string of the molecule is COC(=O)C(NC1CCC(NCc2ccccc2)CC1)C(F)(F)F. The van der Waals surface area contributed by atoms with Gasteiger partial charge in [0.2, 0.25) is 6.04 Å². The zero-order valence-corrected chi connectivity index (χ0v) is 13.6. The van der Waals surface area contributed by atoms with Crippen LogP contribution in [0, 0.1) is 0 Å². The van der Waals surface area contributed by atoms with E-state index in [1.54, 1.807) is 0 Å². The second-order valence-electron chi connectivity index (χ2n) is 6.08. The highest BCUT2D eigenvalue weighted by atomic mass is 19.4. The van der Waals surface area contributed by atoms with Crippen LogP contribution in [-0.4, -0.2) is 37.4 Å². The van der Waals surface area contributed by atoms with Crippen LogP contribution in [0.5, 0.6) is 0 Å². The molecule has 0 spiro atoms. The van der Waals surface area contributed by atoms with Gasteiger partial charge in [0.25, 0.3) is 0 Å². The monoisotopic (exact) mass is 344 g/mol. The number of ether oxygens (including phenoxy) is 1. The van der Waals surface area contributed by atoms with Crippen molar-refractivity contribution in [1.29, 1.82) is 0 Å². The molecular formula is C17H23F3N2O2. The lowest BCUT2D eigenvalue weighted by atomic mass is 9.90. The average Bonchev–Trinajstić information content (AvgIpc) is 2.58. The number of rotatable bonds is 6. The highest BCUT2D eigenvalue weighted by molar-refractivity contribution is 5.76. The third-order valence-corrected chi connectivity index (χ3v) is 4.33. The molecule has 1 aliphatic rings. The smallest absolute Gasteiger partial charge is 0.414 e. The minimum Gasteiger partial charge on any atom is -0.468 e. The molecule has 2 N–H and O–H groups in total. The molecule has 0 radical (unpaired) electrons. The van der Waals surface area contributed by atoms with Crippen LogP contribution in [-0.2, 0) is 16.1 Å². The van der Waals surface area contributed by atoms with Crippen LogP contribution in [0.2, 0.25) is 0 Å². The van der Waals surface area contributed by atoms with Gasteiger partial charge in [-0.2, -0.15) is 13.2 Å². The molecule has 1 saturated carbocycles. The molecule has 1 atom stereocenters. The van der Waals surface area contributed by atoms with Gasteiger partial charge in [0.1, 0.15) is 0 Å². The van der Waals surface area contributed by atoms with Gasteiger partial charge in [-0.15, -0.1) is 0 Å². The van der Waals surface area contributed by atoms with Gasteiger partial charge < -0.3 is 10.1 Å². The lowest BCUT2D eigenvalue weighted by molar-refractivity contribution is -0.184. The number of alkyl halides is 3. The third kappa shape index (κ3) is 5.49. The summed E-state index contributed by atoms with van der Waals surface area (Å²) in [5.41, 5.74) is 1.18. The molecule has 0 heterocycles. The van der Waals surface area contributed by atoms with Crippen LogP contribution < -0.4 is 10.6 Å². The van der Waals surface area contributed by atoms with Gasteiger partial charge in [-0.3, -0.25) is 10.1 Å². The Morgan fingerprint density at radius 2 is 1.75 bits per heavy atom. The normalized spacial score (nSPS) is 22.8. The van der Waals surface area contributed by atoms with E-state index >= 15 is 0 Å². The van der Waals surface area contributed by atoms with E-state index in [-0.39, 0.29) is 12.1 Å². The first-order chi connectivity index (χ1) is 11.4. The van der Waals surface area contributed by atoms with Gasteiger partial charge in [-0.25, -0.2) is 0 Å². The standard InChI is InChI=1S/C17H23F3N2O2/c1-24-16(23)15(17(18,19)20)22-14-9-7-13(8-10-14)21-11-12-5-3-2-4-6-12/h2-6,13-15,21-22H,7-11H2,1H3. The van der Waals surface area contributed by atoms with E-state index in [0.717, 1.165) is 26.5 Å². The fourth-order valence-corrected chi connectivity index (χ4v) is 2.97. The number of halogens is 3. The molecule has 2 rings (SSSR count). The maximum absolute atomic E-state index is 12.9. The van der Waals surface area contributed by atoms with E-state index < -0.39 is 18.2 Å². The minimum atomic E-state index is -4.64. The fraction of sp³-hybridized carbons (Fsp3) is 0.588. The first-order valence-corrected chi connectivity index (χ1v) is 8.08. The highest BCUT2D eigenvalue weighted by Crippen LogP contribution is 2.25. The summed E-state index contributed by atoms with van der Waals surface area (Å²) >= 11 is 0. The van der Waals surface area contributed by atoms with Crippen molar-refractivity contribution < 1.29 is 22.7 Å². The Balaban J connectivity index is 1.78. The average molecular weight is 344 g/mol. The molecule has 1 aromatic carbocycles. The van der Waals surface area contributed by atoms with E-state index in [1.807, 2.05) is 30.3 Å². The quantitative estimate of drug-likeness (QED) is 0.779. The lowest BCUT2D eigenvalue weighted by Gasteiger charge is -2.32. The predicted octanol–water partition coefficient (Wildman–Crippen LogP) is 2.78. The molecule has 1 fully saturated rings. The molecule has 0 saturated heterocycles. The van der Waals surface area contributed by atoms with Crippen molar-refractivity contribution in [2.75, 3.05) is 7.11 Å². The van der Waals surface area contributed by atoms with Gasteiger partial charge in [0, 0.05) is 18.6 Å². The lowest BCUT2D eigenvalue weighted by Crippen LogP contribution is -2.54. The van der Waals surface area contributed by atoms with Gasteiger partial charge in [-0.1, -0.05) is 30.3 Å². The van der Waals surface area contributed by atoms with Crippen molar-refractivity contribution in [1.82, 2.24) is 10.6 Å². The Morgan fingerprint density at radius 1 is 1.17 bits per heavy atom. The Bertz CT molecular complexity index is 514. The van der Waals surface area contributed by atoms with Crippen molar-refractivity contribution in [3.05, 3.63) is 35.9 Å². The first kappa shape index (κ1) is 18.7. The summed E-state index contributed by atoms with van der Waals surface area (Å²) in [7, 11) is 0.965. The second kappa shape index (κ2) is 8.48. The first-order valence-electron chi connectivity index (χ1n) is 8.08. The Morgan fingerprint density at radius 3 is 2.29 bits per heavy atom. The fourth-order valence-electron chi connectivity index (χ4n) is 2.97. The van der Waals surface area contributed by atoms with Crippen molar-refractivity contribution in [2.45, 2.75) is 56.5 Å². The Hall–Kier alpha value is -1.60. The molecule has 134 valence electrons. The summed E-state index contributed by atoms with van der Waals surface area (Å²) in [6, 6.07) is 7.68. The van der Waals surface area contributed by atoms with Crippen LogP contribution in [0.4, 0.5) is 13.2 Å². The number of hydrogen-bond donors (Lipinski definition) is 2. The van der Waals surface area contributed by atoms with Crippen LogP contribution in [0.15, 0.2) is 30.3 Å². The van der Waals surface area contributed by atoms with Crippen LogP contribution in [0.1, 0.15) is 31.2 Å². The zero-order valence-electron chi connectivity index (χ0n) is 13.6.